The van der Waals surface area contributed by atoms with Crippen molar-refractivity contribution in [2.45, 2.75) is 77.9 Å². The van der Waals surface area contributed by atoms with Gasteiger partial charge in [-0.15, -0.1) is 0 Å². The van der Waals surface area contributed by atoms with E-state index in [1.165, 1.54) is 45.2 Å². The molecule has 1 saturated carbocycles. The van der Waals surface area contributed by atoms with Crippen molar-refractivity contribution < 1.29 is 0 Å². The first kappa shape index (κ1) is 14.3. The third kappa shape index (κ3) is 3.27. The molecule has 1 aliphatic carbocycles. The lowest BCUT2D eigenvalue weighted by Gasteiger charge is -2.50. The second kappa shape index (κ2) is 6.38. The Kier molecular flexibility index (Phi) is 5.08. The van der Waals surface area contributed by atoms with E-state index in [-0.39, 0.29) is 0 Å². The first-order chi connectivity index (χ1) is 8.61. The molecule has 1 saturated heterocycles. The number of fused-ring (bicyclic) bond motifs is 2. The summed E-state index contributed by atoms with van der Waals surface area (Å²) >= 11 is 0. The number of likely N-dealkylation sites (tertiary alicyclic amines) is 1. The van der Waals surface area contributed by atoms with E-state index in [1.54, 1.807) is 0 Å². The van der Waals surface area contributed by atoms with Gasteiger partial charge in [-0.3, -0.25) is 0 Å². The van der Waals surface area contributed by atoms with E-state index in [4.69, 9.17) is 0 Å². The van der Waals surface area contributed by atoms with Crippen LogP contribution >= 0.6 is 0 Å². The number of nitrogens with one attached hydrogen (secondary N) is 1. The molecule has 1 aliphatic heterocycles. The maximum Gasteiger partial charge on any atom is 0.0150 e. The van der Waals surface area contributed by atoms with Crippen molar-refractivity contribution in [3.63, 3.8) is 0 Å². The van der Waals surface area contributed by atoms with Crippen LogP contribution in [-0.2, 0) is 0 Å². The van der Waals surface area contributed by atoms with Crippen molar-refractivity contribution in [2.75, 3.05) is 13.1 Å². The third-order valence-electron chi connectivity index (χ3n) is 5.03. The second-order valence-corrected chi connectivity index (χ2v) is 6.88. The van der Waals surface area contributed by atoms with Gasteiger partial charge in [-0.2, -0.15) is 0 Å². The molecule has 2 aliphatic rings. The molecule has 18 heavy (non-hydrogen) atoms. The Morgan fingerprint density at radius 2 is 1.72 bits per heavy atom. The van der Waals surface area contributed by atoms with Gasteiger partial charge in [0.15, 0.2) is 0 Å². The van der Waals surface area contributed by atoms with Crippen LogP contribution in [0.4, 0.5) is 0 Å². The van der Waals surface area contributed by atoms with Gasteiger partial charge in [-0.1, -0.05) is 19.8 Å². The Morgan fingerprint density at radius 1 is 1.11 bits per heavy atom. The minimum Gasteiger partial charge on any atom is -0.311 e. The molecule has 3 atom stereocenters. The van der Waals surface area contributed by atoms with Gasteiger partial charge in [0.2, 0.25) is 0 Å². The predicted octanol–water partition coefficient (Wildman–Crippen LogP) is 3.27. The van der Waals surface area contributed by atoms with Gasteiger partial charge in [0.1, 0.15) is 0 Å². The number of nitrogens with zero attached hydrogens (tertiary/aromatic N) is 1. The fraction of sp³-hybridized carbons (Fsp3) is 1.00. The minimum atomic E-state index is 0.702. The Labute approximate surface area is 114 Å². The lowest BCUT2D eigenvalue weighted by molar-refractivity contribution is 0.0254. The molecule has 1 heterocycles. The molecule has 1 N–H and O–H groups in total. The molecule has 2 fully saturated rings. The predicted molar refractivity (Wildman–Crippen MR) is 78.8 cm³/mol. The standard InChI is InChI=1S/C16H32N2/c1-5-7-13(4)17-16-14-8-6-9-15(16)11-18(10-14)12(2)3/h12-17H,5-11H2,1-4H3. The average Bonchev–Trinajstić information content (AvgIpc) is 2.28. The van der Waals surface area contributed by atoms with E-state index in [0.717, 1.165) is 23.9 Å². The zero-order valence-corrected chi connectivity index (χ0v) is 12.8. The van der Waals surface area contributed by atoms with Gasteiger partial charge in [0.25, 0.3) is 0 Å². The highest BCUT2D eigenvalue weighted by atomic mass is 15.2. The fourth-order valence-corrected chi connectivity index (χ4v) is 4.01. The van der Waals surface area contributed by atoms with Gasteiger partial charge in [-0.05, 0) is 51.9 Å². The molecular weight excluding hydrogens is 220 g/mol. The topological polar surface area (TPSA) is 15.3 Å². The summed E-state index contributed by atoms with van der Waals surface area (Å²) in [5, 5.41) is 3.95. The van der Waals surface area contributed by atoms with Crippen molar-refractivity contribution in [2.24, 2.45) is 11.8 Å². The van der Waals surface area contributed by atoms with Crippen LogP contribution in [-0.4, -0.2) is 36.1 Å². The molecule has 0 spiro atoms. The van der Waals surface area contributed by atoms with Gasteiger partial charge in [0.05, 0.1) is 0 Å². The van der Waals surface area contributed by atoms with Crippen LogP contribution in [0, 0.1) is 11.8 Å². The SMILES string of the molecule is CCCC(C)NC1C2CCCC1CN(C(C)C)C2. The zero-order chi connectivity index (χ0) is 13.1. The lowest BCUT2D eigenvalue weighted by atomic mass is 9.73. The summed E-state index contributed by atoms with van der Waals surface area (Å²) in [6.07, 6.45) is 6.96. The van der Waals surface area contributed by atoms with Crippen LogP contribution in [0.25, 0.3) is 0 Å². The van der Waals surface area contributed by atoms with Crippen molar-refractivity contribution in [3.8, 4) is 0 Å². The van der Waals surface area contributed by atoms with E-state index >= 15 is 0 Å². The maximum atomic E-state index is 3.95. The van der Waals surface area contributed by atoms with Crippen molar-refractivity contribution in [3.05, 3.63) is 0 Å². The molecule has 0 aromatic carbocycles. The molecule has 106 valence electrons. The van der Waals surface area contributed by atoms with Crippen molar-refractivity contribution in [1.82, 2.24) is 10.2 Å². The molecule has 2 heteroatoms. The number of hydrogen-bond donors (Lipinski definition) is 1. The molecule has 2 bridgehead atoms. The largest absolute Gasteiger partial charge is 0.311 e. The van der Waals surface area contributed by atoms with Crippen LogP contribution < -0.4 is 5.32 Å². The van der Waals surface area contributed by atoms with Gasteiger partial charge < -0.3 is 10.2 Å². The lowest BCUT2D eigenvalue weighted by Crippen LogP contribution is -2.59. The molecule has 0 aromatic heterocycles. The Balaban J connectivity index is 1.95. The average molecular weight is 252 g/mol. The van der Waals surface area contributed by atoms with E-state index in [2.05, 4.69) is 37.9 Å². The third-order valence-corrected chi connectivity index (χ3v) is 5.03. The minimum absolute atomic E-state index is 0.702. The normalized spacial score (nSPS) is 34.8. The van der Waals surface area contributed by atoms with Gasteiger partial charge in [-0.25, -0.2) is 0 Å². The van der Waals surface area contributed by atoms with Crippen molar-refractivity contribution in [1.29, 1.82) is 0 Å². The smallest absolute Gasteiger partial charge is 0.0150 e. The second-order valence-electron chi connectivity index (χ2n) is 6.88. The van der Waals surface area contributed by atoms with Gasteiger partial charge >= 0.3 is 0 Å². The molecular formula is C16H32N2. The van der Waals surface area contributed by atoms with E-state index in [1.807, 2.05) is 0 Å². The molecule has 2 rings (SSSR count). The number of rotatable bonds is 5. The highest BCUT2D eigenvalue weighted by Crippen LogP contribution is 2.36. The zero-order valence-electron chi connectivity index (χ0n) is 12.8. The quantitative estimate of drug-likeness (QED) is 0.808. The Hall–Kier alpha value is -0.0800. The fourth-order valence-electron chi connectivity index (χ4n) is 4.01. The van der Waals surface area contributed by atoms with Gasteiger partial charge in [0, 0.05) is 31.2 Å². The Morgan fingerprint density at radius 3 is 2.22 bits per heavy atom. The van der Waals surface area contributed by atoms with E-state index in [0.29, 0.717) is 6.04 Å². The Bertz CT molecular complexity index is 237. The monoisotopic (exact) mass is 252 g/mol. The summed E-state index contributed by atoms with van der Waals surface area (Å²) in [5.41, 5.74) is 0. The van der Waals surface area contributed by atoms with Crippen LogP contribution in [0.2, 0.25) is 0 Å². The number of piperidine rings is 1. The first-order valence-corrected chi connectivity index (χ1v) is 8.12. The van der Waals surface area contributed by atoms with Crippen molar-refractivity contribution >= 4 is 0 Å². The first-order valence-electron chi connectivity index (χ1n) is 8.12. The van der Waals surface area contributed by atoms with Crippen LogP contribution in [0.1, 0.15) is 59.8 Å². The molecule has 0 aromatic rings. The number of hydrogen-bond acceptors (Lipinski definition) is 2. The molecule has 3 unspecified atom stereocenters. The summed E-state index contributed by atoms with van der Waals surface area (Å²) in [7, 11) is 0. The summed E-state index contributed by atoms with van der Waals surface area (Å²) in [5.74, 6) is 1.80. The van der Waals surface area contributed by atoms with Crippen LogP contribution in [0.3, 0.4) is 0 Å². The summed E-state index contributed by atoms with van der Waals surface area (Å²) < 4.78 is 0. The molecule has 0 radical (unpaired) electrons. The molecule has 2 nitrogen and oxygen atoms in total. The summed E-state index contributed by atoms with van der Waals surface area (Å²) in [6, 6.07) is 2.23. The van der Waals surface area contributed by atoms with Crippen LogP contribution in [0.15, 0.2) is 0 Å². The summed E-state index contributed by atoms with van der Waals surface area (Å²) in [6.45, 7) is 12.0. The summed E-state index contributed by atoms with van der Waals surface area (Å²) in [4.78, 5) is 2.71. The van der Waals surface area contributed by atoms with E-state index in [9.17, 15) is 0 Å². The highest BCUT2D eigenvalue weighted by molar-refractivity contribution is 4.96. The van der Waals surface area contributed by atoms with Crippen LogP contribution in [0.5, 0.6) is 0 Å². The van der Waals surface area contributed by atoms with E-state index < -0.39 is 0 Å². The maximum absolute atomic E-state index is 3.95. The molecule has 0 amide bonds. The highest BCUT2D eigenvalue weighted by Gasteiger charge is 2.40.